The van der Waals surface area contributed by atoms with E-state index in [2.05, 4.69) is 24.0 Å². The molecule has 4 heteroatoms. The number of thioether (sulfide) groups is 1. The van der Waals surface area contributed by atoms with E-state index in [0.717, 1.165) is 24.9 Å². The minimum atomic E-state index is -0.310. The number of hydrogen-bond acceptors (Lipinski definition) is 2. The fourth-order valence-electron chi connectivity index (χ4n) is 2.67. The Kier molecular flexibility index (Phi) is 6.66. The first kappa shape index (κ1) is 16.1. The van der Waals surface area contributed by atoms with E-state index in [4.69, 9.17) is 11.6 Å². The molecule has 1 N–H and O–H groups in total. The zero-order valence-electron chi connectivity index (χ0n) is 12.0. The Balaban J connectivity index is 2.03. The molecule has 0 saturated carbocycles. The van der Waals surface area contributed by atoms with Crippen molar-refractivity contribution in [3.63, 3.8) is 0 Å². The molecular formula is C16H23ClFNS. The van der Waals surface area contributed by atoms with Gasteiger partial charge < -0.3 is 5.32 Å². The van der Waals surface area contributed by atoms with Gasteiger partial charge in [-0.2, -0.15) is 11.8 Å². The van der Waals surface area contributed by atoms with Gasteiger partial charge in [-0.25, -0.2) is 4.39 Å². The number of rotatable bonds is 6. The molecule has 0 bridgehead atoms. The van der Waals surface area contributed by atoms with Crippen LogP contribution < -0.4 is 5.32 Å². The summed E-state index contributed by atoms with van der Waals surface area (Å²) in [7, 11) is 0. The molecule has 0 spiro atoms. The standard InChI is InChI=1S/C16H23ClFNS/c1-2-8-19-15(16-5-3-4-9-20-16)11-12-6-7-13(17)14(18)10-12/h6-7,10,15-16,19H,2-5,8-9,11H2,1H3. The van der Waals surface area contributed by atoms with E-state index in [1.54, 1.807) is 12.1 Å². The molecule has 1 aliphatic heterocycles. The molecule has 1 aromatic carbocycles. The van der Waals surface area contributed by atoms with Crippen LogP contribution in [-0.4, -0.2) is 23.6 Å². The Bertz CT molecular complexity index is 421. The number of halogens is 2. The average molecular weight is 316 g/mol. The summed E-state index contributed by atoms with van der Waals surface area (Å²) in [6, 6.07) is 5.62. The zero-order chi connectivity index (χ0) is 14.4. The largest absolute Gasteiger partial charge is 0.313 e. The van der Waals surface area contributed by atoms with Crippen LogP contribution in [0.1, 0.15) is 38.2 Å². The molecule has 2 rings (SSSR count). The van der Waals surface area contributed by atoms with Crippen molar-refractivity contribution in [1.29, 1.82) is 0 Å². The Morgan fingerprint density at radius 1 is 1.45 bits per heavy atom. The Morgan fingerprint density at radius 3 is 2.95 bits per heavy atom. The fraction of sp³-hybridized carbons (Fsp3) is 0.625. The Morgan fingerprint density at radius 2 is 2.30 bits per heavy atom. The number of benzene rings is 1. The van der Waals surface area contributed by atoms with Crippen molar-refractivity contribution in [2.45, 2.75) is 50.3 Å². The van der Waals surface area contributed by atoms with Gasteiger partial charge in [-0.1, -0.05) is 31.0 Å². The van der Waals surface area contributed by atoms with Crippen LogP contribution in [-0.2, 0) is 6.42 Å². The predicted molar refractivity (Wildman–Crippen MR) is 87.3 cm³/mol. The molecule has 2 unspecified atom stereocenters. The summed E-state index contributed by atoms with van der Waals surface area (Å²) in [6.45, 7) is 3.21. The van der Waals surface area contributed by atoms with Gasteiger partial charge in [0.25, 0.3) is 0 Å². The minimum absolute atomic E-state index is 0.207. The molecule has 0 amide bonds. The molecule has 1 aromatic rings. The molecule has 112 valence electrons. The first-order valence-electron chi connectivity index (χ1n) is 7.49. The zero-order valence-corrected chi connectivity index (χ0v) is 13.6. The third-order valence-corrected chi connectivity index (χ3v) is 5.58. The number of nitrogens with one attached hydrogen (secondary N) is 1. The lowest BCUT2D eigenvalue weighted by Gasteiger charge is -2.31. The molecule has 1 nitrogen and oxygen atoms in total. The van der Waals surface area contributed by atoms with Gasteiger partial charge in [0.15, 0.2) is 0 Å². The van der Waals surface area contributed by atoms with Crippen molar-refractivity contribution in [1.82, 2.24) is 5.32 Å². The van der Waals surface area contributed by atoms with Gasteiger partial charge in [0.05, 0.1) is 5.02 Å². The van der Waals surface area contributed by atoms with Gasteiger partial charge in [-0.05, 0) is 55.7 Å². The SMILES string of the molecule is CCCNC(Cc1ccc(Cl)c(F)c1)C1CCCCS1. The molecule has 0 aliphatic carbocycles. The van der Waals surface area contributed by atoms with Crippen LogP contribution in [0.2, 0.25) is 5.02 Å². The van der Waals surface area contributed by atoms with Crippen molar-refractivity contribution in [2.24, 2.45) is 0 Å². The second kappa shape index (κ2) is 8.26. The van der Waals surface area contributed by atoms with Gasteiger partial charge >= 0.3 is 0 Å². The smallest absolute Gasteiger partial charge is 0.142 e. The van der Waals surface area contributed by atoms with Crippen LogP contribution in [0.3, 0.4) is 0 Å². The normalized spacial score (nSPS) is 20.9. The minimum Gasteiger partial charge on any atom is -0.313 e. The molecule has 20 heavy (non-hydrogen) atoms. The first-order chi connectivity index (χ1) is 9.70. The molecular weight excluding hydrogens is 293 g/mol. The van der Waals surface area contributed by atoms with E-state index in [0.29, 0.717) is 11.3 Å². The average Bonchev–Trinajstić information content (AvgIpc) is 2.48. The summed E-state index contributed by atoms with van der Waals surface area (Å²) in [5.74, 6) is 0.943. The predicted octanol–water partition coefficient (Wildman–Crippen LogP) is 4.68. The van der Waals surface area contributed by atoms with E-state index in [-0.39, 0.29) is 10.8 Å². The van der Waals surface area contributed by atoms with Crippen LogP contribution in [0.15, 0.2) is 18.2 Å². The highest BCUT2D eigenvalue weighted by Gasteiger charge is 2.24. The highest BCUT2D eigenvalue weighted by molar-refractivity contribution is 8.00. The third-order valence-electron chi connectivity index (χ3n) is 3.76. The van der Waals surface area contributed by atoms with Crippen LogP contribution in [0.25, 0.3) is 0 Å². The number of hydrogen-bond donors (Lipinski definition) is 1. The van der Waals surface area contributed by atoms with Gasteiger partial charge in [-0.3, -0.25) is 0 Å². The van der Waals surface area contributed by atoms with Crippen LogP contribution in [0.5, 0.6) is 0 Å². The lowest BCUT2D eigenvalue weighted by atomic mass is 9.99. The van der Waals surface area contributed by atoms with Gasteiger partial charge in [-0.15, -0.1) is 0 Å². The van der Waals surface area contributed by atoms with Crippen molar-refractivity contribution >= 4 is 23.4 Å². The molecule has 1 aliphatic rings. The summed E-state index contributed by atoms with van der Waals surface area (Å²) in [5, 5.41) is 4.50. The summed E-state index contributed by atoms with van der Waals surface area (Å²) < 4.78 is 13.6. The van der Waals surface area contributed by atoms with Crippen molar-refractivity contribution in [3.8, 4) is 0 Å². The molecule has 1 heterocycles. The van der Waals surface area contributed by atoms with E-state index >= 15 is 0 Å². The molecule has 0 radical (unpaired) electrons. The van der Waals surface area contributed by atoms with Crippen molar-refractivity contribution in [2.75, 3.05) is 12.3 Å². The van der Waals surface area contributed by atoms with Gasteiger partial charge in [0.2, 0.25) is 0 Å². The first-order valence-corrected chi connectivity index (χ1v) is 8.92. The summed E-state index contributed by atoms with van der Waals surface area (Å²) in [4.78, 5) is 0. The topological polar surface area (TPSA) is 12.0 Å². The maximum atomic E-state index is 13.6. The highest BCUT2D eigenvalue weighted by atomic mass is 35.5. The summed E-state index contributed by atoms with van der Waals surface area (Å²) in [6.07, 6.45) is 5.92. The molecule has 1 saturated heterocycles. The molecule has 2 atom stereocenters. The second-order valence-corrected chi connectivity index (χ2v) is 7.17. The Hall–Kier alpha value is -0.250. The van der Waals surface area contributed by atoms with E-state index in [9.17, 15) is 4.39 Å². The third kappa shape index (κ3) is 4.64. The quantitative estimate of drug-likeness (QED) is 0.818. The monoisotopic (exact) mass is 315 g/mol. The maximum absolute atomic E-state index is 13.6. The van der Waals surface area contributed by atoms with Crippen molar-refractivity contribution < 1.29 is 4.39 Å². The highest BCUT2D eigenvalue weighted by Crippen LogP contribution is 2.29. The lowest BCUT2D eigenvalue weighted by Crippen LogP contribution is -2.41. The van der Waals surface area contributed by atoms with Gasteiger partial charge in [0, 0.05) is 11.3 Å². The van der Waals surface area contributed by atoms with Crippen LogP contribution >= 0.6 is 23.4 Å². The Labute approximate surface area is 130 Å². The van der Waals surface area contributed by atoms with E-state index < -0.39 is 0 Å². The van der Waals surface area contributed by atoms with E-state index in [1.165, 1.54) is 25.0 Å². The van der Waals surface area contributed by atoms with Crippen molar-refractivity contribution in [3.05, 3.63) is 34.6 Å². The second-order valence-electron chi connectivity index (χ2n) is 5.42. The van der Waals surface area contributed by atoms with Gasteiger partial charge in [0.1, 0.15) is 5.82 Å². The maximum Gasteiger partial charge on any atom is 0.142 e. The lowest BCUT2D eigenvalue weighted by molar-refractivity contribution is 0.460. The van der Waals surface area contributed by atoms with Crippen LogP contribution in [0.4, 0.5) is 4.39 Å². The molecule has 1 fully saturated rings. The van der Waals surface area contributed by atoms with Crippen LogP contribution in [0, 0.1) is 5.82 Å². The van der Waals surface area contributed by atoms with E-state index in [1.807, 2.05) is 6.07 Å². The summed E-state index contributed by atoms with van der Waals surface area (Å²) >= 11 is 7.82. The fourth-order valence-corrected chi connectivity index (χ4v) is 4.22. The molecule has 0 aromatic heterocycles. The summed E-state index contributed by atoms with van der Waals surface area (Å²) in [5.41, 5.74) is 1.03.